The van der Waals surface area contributed by atoms with E-state index in [1.165, 1.54) is 25.3 Å². The zero-order valence-corrected chi connectivity index (χ0v) is 12.5. The van der Waals surface area contributed by atoms with E-state index in [2.05, 4.69) is 9.46 Å². The molecule has 1 rings (SSSR count). The number of esters is 1. The molecule has 0 saturated carbocycles. The Labute approximate surface area is 121 Å². The van der Waals surface area contributed by atoms with Crippen molar-refractivity contribution in [1.82, 2.24) is 0 Å². The fraction of sp³-hybridized carbons (Fsp3) is 0.364. The summed E-state index contributed by atoms with van der Waals surface area (Å²) in [5.41, 5.74) is 0.288. The number of hydrogen-bond acceptors (Lipinski definition) is 4. The highest BCUT2D eigenvalue weighted by atomic mass is 35.5. The maximum atomic E-state index is 11.7. The van der Waals surface area contributed by atoms with E-state index in [9.17, 15) is 13.2 Å². The zero-order chi connectivity index (χ0) is 14.5. The molecule has 0 saturated heterocycles. The Balaban J connectivity index is 2.61. The number of methoxy groups -OCH3 is 1. The van der Waals surface area contributed by atoms with Gasteiger partial charge in [0.15, 0.2) is 0 Å². The van der Waals surface area contributed by atoms with Gasteiger partial charge in [-0.3, -0.25) is 9.52 Å². The monoisotopic (exact) mass is 325 g/mol. The summed E-state index contributed by atoms with van der Waals surface area (Å²) < 4.78 is 30.3. The van der Waals surface area contributed by atoms with Crippen LogP contribution in [0.5, 0.6) is 0 Å². The Morgan fingerprint density at radius 3 is 2.37 bits per heavy atom. The lowest BCUT2D eigenvalue weighted by Crippen LogP contribution is -2.17. The van der Waals surface area contributed by atoms with Crippen LogP contribution in [0.3, 0.4) is 0 Å². The molecule has 1 N–H and O–H groups in total. The van der Waals surface area contributed by atoms with Gasteiger partial charge in [-0.15, -0.1) is 0 Å². The lowest BCUT2D eigenvalue weighted by atomic mass is 10.3. The number of hydrogen-bond donors (Lipinski definition) is 1. The third-order valence-corrected chi connectivity index (χ3v) is 3.97. The topological polar surface area (TPSA) is 72.5 Å². The normalized spacial score (nSPS) is 11.1. The van der Waals surface area contributed by atoms with Crippen molar-refractivity contribution in [2.24, 2.45) is 0 Å². The van der Waals surface area contributed by atoms with Gasteiger partial charge in [-0.25, -0.2) is 8.42 Å². The Kier molecular flexibility index (Phi) is 5.90. The van der Waals surface area contributed by atoms with Gasteiger partial charge in [0.25, 0.3) is 0 Å². The average molecular weight is 326 g/mol. The van der Waals surface area contributed by atoms with Crippen LogP contribution < -0.4 is 4.72 Å². The Morgan fingerprint density at radius 2 is 1.84 bits per heavy atom. The number of benzene rings is 1. The van der Waals surface area contributed by atoms with Gasteiger partial charge in [0.05, 0.1) is 18.6 Å². The highest BCUT2D eigenvalue weighted by molar-refractivity contribution is 7.92. The van der Waals surface area contributed by atoms with Crippen molar-refractivity contribution in [2.75, 3.05) is 17.6 Å². The summed E-state index contributed by atoms with van der Waals surface area (Å²) in [5.74, 6) is -0.632. The molecule has 0 aliphatic heterocycles. The third-order valence-electron chi connectivity index (χ3n) is 2.16. The van der Waals surface area contributed by atoms with E-state index in [1.54, 1.807) is 0 Å². The van der Waals surface area contributed by atoms with Crippen molar-refractivity contribution >= 4 is 44.9 Å². The van der Waals surface area contributed by atoms with Gasteiger partial charge in [-0.2, -0.15) is 0 Å². The van der Waals surface area contributed by atoms with Crippen LogP contribution in [0, 0.1) is 0 Å². The molecule has 0 fully saturated rings. The first-order valence-electron chi connectivity index (χ1n) is 5.36. The third kappa shape index (κ3) is 6.13. The molecule has 0 aromatic heterocycles. The summed E-state index contributed by atoms with van der Waals surface area (Å²) in [5, 5.41) is 0.666. The smallest absolute Gasteiger partial charge is 0.305 e. The van der Waals surface area contributed by atoms with E-state index in [-0.39, 0.29) is 24.3 Å². The molecule has 0 amide bonds. The van der Waals surface area contributed by atoms with E-state index in [0.29, 0.717) is 10.0 Å². The van der Waals surface area contributed by atoms with Gasteiger partial charge in [0, 0.05) is 16.5 Å². The number of halogens is 2. The minimum absolute atomic E-state index is 0.0493. The summed E-state index contributed by atoms with van der Waals surface area (Å²) in [6, 6.07) is 4.40. The minimum Gasteiger partial charge on any atom is -0.469 e. The maximum Gasteiger partial charge on any atom is 0.305 e. The second kappa shape index (κ2) is 6.98. The summed E-state index contributed by atoms with van der Waals surface area (Å²) in [6.45, 7) is 0. The fourth-order valence-corrected chi connectivity index (χ4v) is 2.98. The first-order chi connectivity index (χ1) is 8.82. The Hall–Kier alpha value is -0.980. The molecule has 1 aromatic rings. The number of anilines is 1. The quantitative estimate of drug-likeness (QED) is 0.816. The number of ether oxygens (including phenoxy) is 1. The van der Waals surface area contributed by atoms with Crippen molar-refractivity contribution in [1.29, 1.82) is 0 Å². The molecule has 0 bridgehead atoms. The molecule has 0 aliphatic carbocycles. The number of carbonyl (C=O) groups is 1. The van der Waals surface area contributed by atoms with E-state index < -0.39 is 16.0 Å². The first kappa shape index (κ1) is 16.1. The fourth-order valence-electron chi connectivity index (χ4n) is 1.35. The molecule has 0 aliphatic rings. The Bertz CT molecular complexity index is 540. The lowest BCUT2D eigenvalue weighted by Gasteiger charge is -2.08. The molecule has 106 valence electrons. The van der Waals surface area contributed by atoms with Crippen LogP contribution in [0.15, 0.2) is 18.2 Å². The van der Waals surface area contributed by atoms with Gasteiger partial charge in [0.1, 0.15) is 0 Å². The van der Waals surface area contributed by atoms with Crippen molar-refractivity contribution in [3.8, 4) is 0 Å². The molecule has 19 heavy (non-hydrogen) atoms. The van der Waals surface area contributed by atoms with Gasteiger partial charge < -0.3 is 4.74 Å². The molecule has 0 heterocycles. The second-order valence-electron chi connectivity index (χ2n) is 3.76. The van der Waals surface area contributed by atoms with Crippen LogP contribution in [-0.4, -0.2) is 27.2 Å². The van der Waals surface area contributed by atoms with E-state index in [0.717, 1.165) is 0 Å². The molecule has 0 radical (unpaired) electrons. The summed E-state index contributed by atoms with van der Waals surface area (Å²) >= 11 is 11.5. The van der Waals surface area contributed by atoms with Crippen LogP contribution in [0.1, 0.15) is 12.8 Å². The largest absolute Gasteiger partial charge is 0.469 e. The van der Waals surface area contributed by atoms with Gasteiger partial charge >= 0.3 is 5.97 Å². The number of rotatable bonds is 6. The van der Waals surface area contributed by atoms with Gasteiger partial charge in [0.2, 0.25) is 10.0 Å². The summed E-state index contributed by atoms with van der Waals surface area (Å²) in [6.07, 6.45) is 0.226. The highest BCUT2D eigenvalue weighted by Crippen LogP contribution is 2.23. The van der Waals surface area contributed by atoms with Crippen molar-refractivity contribution in [3.63, 3.8) is 0 Å². The van der Waals surface area contributed by atoms with Crippen LogP contribution in [0.4, 0.5) is 5.69 Å². The first-order valence-corrected chi connectivity index (χ1v) is 7.76. The van der Waals surface area contributed by atoms with Crippen LogP contribution in [0.25, 0.3) is 0 Å². The highest BCUT2D eigenvalue weighted by Gasteiger charge is 2.12. The summed E-state index contributed by atoms with van der Waals surface area (Å²) in [4.78, 5) is 10.9. The average Bonchev–Trinajstić information content (AvgIpc) is 2.26. The molecule has 0 spiro atoms. The standard InChI is InChI=1S/C11H13Cl2NO4S/c1-18-11(15)3-2-4-19(16,17)14-10-6-8(12)5-9(13)7-10/h5-7,14H,2-4H2,1H3. The molecule has 0 atom stereocenters. The zero-order valence-electron chi connectivity index (χ0n) is 10.2. The second-order valence-corrected chi connectivity index (χ2v) is 6.47. The van der Waals surface area contributed by atoms with E-state index >= 15 is 0 Å². The lowest BCUT2D eigenvalue weighted by molar-refractivity contribution is -0.140. The maximum absolute atomic E-state index is 11.7. The number of carbonyl (C=O) groups excluding carboxylic acids is 1. The van der Waals surface area contributed by atoms with E-state index in [1.807, 2.05) is 0 Å². The predicted molar refractivity (Wildman–Crippen MR) is 75.1 cm³/mol. The van der Waals surface area contributed by atoms with Gasteiger partial charge in [-0.1, -0.05) is 23.2 Å². The van der Waals surface area contributed by atoms with Crippen molar-refractivity contribution in [2.45, 2.75) is 12.8 Å². The molecule has 0 unspecified atom stereocenters. The molecular weight excluding hydrogens is 313 g/mol. The van der Waals surface area contributed by atoms with Crippen LogP contribution >= 0.6 is 23.2 Å². The number of nitrogens with one attached hydrogen (secondary N) is 1. The predicted octanol–water partition coefficient (Wildman–Crippen LogP) is 2.69. The van der Waals surface area contributed by atoms with Crippen molar-refractivity contribution < 1.29 is 17.9 Å². The van der Waals surface area contributed by atoms with Crippen molar-refractivity contribution in [3.05, 3.63) is 28.2 Å². The van der Waals surface area contributed by atoms with E-state index in [4.69, 9.17) is 23.2 Å². The molecule has 8 heteroatoms. The molecule has 1 aromatic carbocycles. The minimum atomic E-state index is -3.55. The van der Waals surface area contributed by atoms with Gasteiger partial charge in [-0.05, 0) is 24.6 Å². The molecular formula is C11H13Cl2NO4S. The van der Waals surface area contributed by atoms with Crippen LogP contribution in [0.2, 0.25) is 10.0 Å². The number of sulfonamides is 1. The SMILES string of the molecule is COC(=O)CCCS(=O)(=O)Nc1cc(Cl)cc(Cl)c1. The molecule has 5 nitrogen and oxygen atoms in total. The summed E-state index contributed by atoms with van der Waals surface area (Å²) in [7, 11) is -2.29. The van der Waals surface area contributed by atoms with Crippen LogP contribution in [-0.2, 0) is 19.6 Å². The Morgan fingerprint density at radius 1 is 1.26 bits per heavy atom.